The number of anilines is 1. The van der Waals surface area contributed by atoms with Crippen molar-refractivity contribution in [2.75, 3.05) is 25.6 Å². The van der Waals surface area contributed by atoms with E-state index in [0.717, 1.165) is 24.4 Å². The van der Waals surface area contributed by atoms with E-state index in [1.807, 2.05) is 0 Å². The highest BCUT2D eigenvalue weighted by Gasteiger charge is 2.25. The second kappa shape index (κ2) is 10.7. The zero-order valence-corrected chi connectivity index (χ0v) is 21.8. The number of hydrogen-bond donors (Lipinski definition) is 2. The van der Waals surface area contributed by atoms with Crippen LogP contribution in [0.5, 0.6) is 28.7 Å². The van der Waals surface area contributed by atoms with E-state index in [1.54, 1.807) is 12.1 Å². The highest BCUT2D eigenvalue weighted by Crippen LogP contribution is 2.48. The lowest BCUT2D eigenvalue weighted by molar-refractivity contribution is 0.102. The first-order chi connectivity index (χ1) is 20.3. The highest BCUT2D eigenvalue weighted by atomic mass is 19.1. The van der Waals surface area contributed by atoms with Crippen LogP contribution in [0.25, 0.3) is 16.6 Å². The molecule has 1 aliphatic heterocycles. The molecule has 2 N–H and O–H groups in total. The van der Waals surface area contributed by atoms with Crippen LogP contribution in [0.3, 0.4) is 0 Å². The highest BCUT2D eigenvalue weighted by molar-refractivity contribution is 6.04. The molecule has 1 amide bonds. The van der Waals surface area contributed by atoms with E-state index in [4.69, 9.17) is 18.9 Å². The van der Waals surface area contributed by atoms with Crippen LogP contribution in [0.2, 0.25) is 0 Å². The number of rotatable bonds is 6. The summed E-state index contributed by atoms with van der Waals surface area (Å²) in [5.41, 5.74) is -1.64. The van der Waals surface area contributed by atoms with Gasteiger partial charge in [-0.05, 0) is 42.5 Å². The molecule has 0 bridgehead atoms. The van der Waals surface area contributed by atoms with E-state index in [0.29, 0.717) is 39.3 Å². The van der Waals surface area contributed by atoms with Crippen LogP contribution in [0.1, 0.15) is 10.4 Å². The van der Waals surface area contributed by atoms with Gasteiger partial charge >= 0.3 is 5.69 Å². The number of ether oxygens (including phenoxy) is 4. The van der Waals surface area contributed by atoms with Gasteiger partial charge in [-0.2, -0.15) is 0 Å². The number of hydrogen-bond acceptors (Lipinski definition) is 8. The number of methoxy groups -OCH3 is 1. The Labute approximate surface area is 234 Å². The van der Waals surface area contributed by atoms with Gasteiger partial charge in [0.2, 0.25) is 5.75 Å². The van der Waals surface area contributed by atoms with E-state index >= 15 is 4.39 Å². The molecule has 0 radical (unpaired) electrons. The average Bonchev–Trinajstić information content (AvgIpc) is 2.99. The SMILES string of the molecule is COc1cc2nccc(Oc3ccc(NC(=O)c4c[nH]c(=O)n(-c5ccc(F)cc5)c4=O)cc3F)c2c2c1OCCO2. The summed E-state index contributed by atoms with van der Waals surface area (Å²) in [5.74, 6) is -1.03. The summed E-state index contributed by atoms with van der Waals surface area (Å²) >= 11 is 0. The van der Waals surface area contributed by atoms with Gasteiger partial charge < -0.3 is 29.2 Å². The van der Waals surface area contributed by atoms with Crippen LogP contribution in [-0.2, 0) is 0 Å². The van der Waals surface area contributed by atoms with Crippen molar-refractivity contribution >= 4 is 22.5 Å². The standard InChI is InChI=1S/C29H20F2N4O7/c1-39-23-13-20-24(26-25(23)40-10-11-41-26)22(8-9-32-20)42-21-7-4-16(12-19(21)31)34-27(36)18-14-33-29(38)35(28(18)37)17-5-2-15(30)3-6-17/h2-9,12-14H,10-11H2,1H3,(H,33,38)(H,34,36). The Morgan fingerprint density at radius 1 is 0.976 bits per heavy atom. The first-order valence-electron chi connectivity index (χ1n) is 12.5. The van der Waals surface area contributed by atoms with Crippen LogP contribution in [-0.4, -0.2) is 40.8 Å². The van der Waals surface area contributed by atoms with E-state index in [-0.39, 0.29) is 29.5 Å². The number of aromatic nitrogens is 3. The van der Waals surface area contributed by atoms with Crippen molar-refractivity contribution < 1.29 is 32.5 Å². The van der Waals surface area contributed by atoms with Crippen LogP contribution in [0.15, 0.2) is 76.6 Å². The molecule has 5 aromatic rings. The van der Waals surface area contributed by atoms with E-state index in [1.165, 1.54) is 37.6 Å². The number of benzene rings is 3. The summed E-state index contributed by atoms with van der Waals surface area (Å²) in [6.07, 6.45) is 2.44. The molecular formula is C29H20F2N4O7. The van der Waals surface area contributed by atoms with Gasteiger partial charge in [0.15, 0.2) is 23.1 Å². The number of carbonyl (C=O) groups is 1. The van der Waals surface area contributed by atoms with Crippen molar-refractivity contribution in [3.8, 4) is 34.4 Å². The fourth-order valence-electron chi connectivity index (χ4n) is 4.45. The van der Waals surface area contributed by atoms with E-state index in [2.05, 4.69) is 15.3 Å². The van der Waals surface area contributed by atoms with Gasteiger partial charge in [-0.3, -0.25) is 14.6 Å². The summed E-state index contributed by atoms with van der Waals surface area (Å²) in [5, 5.41) is 2.89. The first kappa shape index (κ1) is 26.5. The minimum absolute atomic E-state index is 0.0159. The molecule has 6 rings (SSSR count). The predicted octanol–water partition coefficient (Wildman–Crippen LogP) is 4.18. The molecule has 212 valence electrons. The predicted molar refractivity (Wildman–Crippen MR) is 146 cm³/mol. The molecule has 2 aromatic heterocycles. The molecule has 0 aliphatic carbocycles. The summed E-state index contributed by atoms with van der Waals surface area (Å²) in [6.45, 7) is 0.614. The van der Waals surface area contributed by atoms with E-state index in [9.17, 15) is 18.8 Å². The van der Waals surface area contributed by atoms with Gasteiger partial charge in [0.05, 0.1) is 23.7 Å². The maximum absolute atomic E-state index is 15.2. The quantitative estimate of drug-likeness (QED) is 0.309. The zero-order valence-electron chi connectivity index (χ0n) is 21.8. The van der Waals surface area contributed by atoms with Crippen LogP contribution in [0, 0.1) is 11.6 Å². The van der Waals surface area contributed by atoms with Crippen molar-refractivity contribution in [3.05, 3.63) is 105 Å². The number of carbonyl (C=O) groups excluding carboxylic acids is 1. The van der Waals surface area contributed by atoms with Gasteiger partial charge in [0.25, 0.3) is 11.5 Å². The lowest BCUT2D eigenvalue weighted by Crippen LogP contribution is -2.38. The number of H-pyrrole nitrogens is 1. The van der Waals surface area contributed by atoms with E-state index < -0.39 is 34.4 Å². The Hall–Kier alpha value is -5.72. The molecule has 0 atom stereocenters. The van der Waals surface area contributed by atoms with Gasteiger partial charge in [-0.25, -0.2) is 18.1 Å². The largest absolute Gasteiger partial charge is 0.493 e. The van der Waals surface area contributed by atoms with Crippen molar-refractivity contribution in [2.45, 2.75) is 0 Å². The van der Waals surface area contributed by atoms with Gasteiger partial charge in [-0.1, -0.05) is 0 Å². The minimum atomic E-state index is -0.945. The van der Waals surface area contributed by atoms with Crippen molar-refractivity contribution in [1.82, 2.24) is 14.5 Å². The fraction of sp³-hybridized carbons (Fsp3) is 0.103. The molecular weight excluding hydrogens is 554 g/mol. The Balaban J connectivity index is 1.28. The Morgan fingerprint density at radius 3 is 2.48 bits per heavy atom. The normalized spacial score (nSPS) is 12.2. The third-order valence-corrected chi connectivity index (χ3v) is 6.38. The molecule has 13 heteroatoms. The number of fused-ring (bicyclic) bond motifs is 3. The van der Waals surface area contributed by atoms with Crippen LogP contribution < -0.4 is 35.5 Å². The number of pyridine rings is 1. The van der Waals surface area contributed by atoms with Crippen molar-refractivity contribution in [1.29, 1.82) is 0 Å². The Bertz CT molecular complexity index is 1970. The Morgan fingerprint density at radius 2 is 1.74 bits per heavy atom. The number of halogens is 2. The molecule has 0 saturated carbocycles. The maximum Gasteiger partial charge on any atom is 0.333 e. The molecule has 1 aliphatic rings. The second-order valence-electron chi connectivity index (χ2n) is 8.96. The third-order valence-electron chi connectivity index (χ3n) is 6.38. The number of nitrogens with zero attached hydrogens (tertiary/aromatic N) is 2. The van der Waals surface area contributed by atoms with Gasteiger partial charge in [0.1, 0.15) is 30.3 Å². The summed E-state index contributed by atoms with van der Waals surface area (Å²) in [6, 6.07) is 11.5. The zero-order chi connectivity index (χ0) is 29.4. The average molecular weight is 574 g/mol. The molecule has 0 unspecified atom stereocenters. The fourth-order valence-corrected chi connectivity index (χ4v) is 4.45. The molecule has 42 heavy (non-hydrogen) atoms. The minimum Gasteiger partial charge on any atom is -0.493 e. The Kier molecular flexibility index (Phi) is 6.74. The lowest BCUT2D eigenvalue weighted by Gasteiger charge is -2.23. The summed E-state index contributed by atoms with van der Waals surface area (Å²) < 4.78 is 52.0. The summed E-state index contributed by atoms with van der Waals surface area (Å²) in [4.78, 5) is 44.8. The molecule has 11 nitrogen and oxygen atoms in total. The van der Waals surface area contributed by atoms with Crippen LogP contribution >= 0.6 is 0 Å². The molecule has 3 aromatic carbocycles. The van der Waals surface area contributed by atoms with Gasteiger partial charge in [0, 0.05) is 30.2 Å². The molecule has 0 saturated heterocycles. The molecule has 0 fully saturated rings. The second-order valence-corrected chi connectivity index (χ2v) is 8.96. The van der Waals surface area contributed by atoms with Gasteiger partial charge in [-0.15, -0.1) is 0 Å². The number of amides is 1. The topological polar surface area (TPSA) is 134 Å². The third kappa shape index (κ3) is 4.76. The molecule has 0 spiro atoms. The maximum atomic E-state index is 15.2. The summed E-state index contributed by atoms with van der Waals surface area (Å²) in [7, 11) is 1.49. The number of nitrogens with one attached hydrogen (secondary N) is 2. The van der Waals surface area contributed by atoms with Crippen molar-refractivity contribution in [3.63, 3.8) is 0 Å². The smallest absolute Gasteiger partial charge is 0.333 e. The first-order valence-corrected chi connectivity index (χ1v) is 12.5. The lowest BCUT2D eigenvalue weighted by atomic mass is 10.1. The van der Waals surface area contributed by atoms with Crippen LogP contribution in [0.4, 0.5) is 14.5 Å². The number of aromatic amines is 1. The monoisotopic (exact) mass is 574 g/mol. The van der Waals surface area contributed by atoms with Crippen molar-refractivity contribution in [2.24, 2.45) is 0 Å². The molecule has 3 heterocycles.